The van der Waals surface area contributed by atoms with Crippen LogP contribution in [0.3, 0.4) is 0 Å². The Bertz CT molecular complexity index is 1650. The van der Waals surface area contributed by atoms with E-state index in [0.717, 1.165) is 41.7 Å². The minimum absolute atomic E-state index is 1.02. The van der Waals surface area contributed by atoms with E-state index in [4.69, 9.17) is 4.98 Å². The van der Waals surface area contributed by atoms with Crippen molar-refractivity contribution in [3.8, 4) is 22.5 Å². The predicted molar refractivity (Wildman–Crippen MR) is 151 cm³/mol. The molecule has 2 heterocycles. The summed E-state index contributed by atoms with van der Waals surface area (Å²) in [6, 6.07) is 38.8. The van der Waals surface area contributed by atoms with Gasteiger partial charge in [-0.05, 0) is 77.9 Å². The van der Waals surface area contributed by atoms with Gasteiger partial charge in [0.15, 0.2) is 0 Å². The van der Waals surface area contributed by atoms with E-state index in [2.05, 4.69) is 115 Å². The first-order valence-electron chi connectivity index (χ1n) is 12.6. The molecule has 36 heavy (non-hydrogen) atoms. The van der Waals surface area contributed by atoms with Gasteiger partial charge in [-0.3, -0.25) is 4.98 Å². The highest BCUT2D eigenvalue weighted by molar-refractivity contribution is 5.97. The van der Waals surface area contributed by atoms with Crippen LogP contribution in [0.1, 0.15) is 23.1 Å². The Morgan fingerprint density at radius 2 is 1.36 bits per heavy atom. The van der Waals surface area contributed by atoms with Crippen LogP contribution in [0.2, 0.25) is 0 Å². The number of hydrogen-bond acceptors (Lipinski definition) is 2. The number of benzene rings is 4. The first-order chi connectivity index (χ1) is 17.7. The van der Waals surface area contributed by atoms with Crippen molar-refractivity contribution in [1.82, 2.24) is 9.97 Å². The highest BCUT2D eigenvalue weighted by atomic mass is 14.7. The van der Waals surface area contributed by atoms with Crippen LogP contribution in [0, 0.1) is 6.92 Å². The summed E-state index contributed by atoms with van der Waals surface area (Å²) in [5.74, 6) is 0. The summed E-state index contributed by atoms with van der Waals surface area (Å²) >= 11 is 0. The highest BCUT2D eigenvalue weighted by Gasteiger charge is 2.08. The first kappa shape index (κ1) is 22.2. The Balaban J connectivity index is 1.19. The molecule has 0 N–H and O–H groups in total. The van der Waals surface area contributed by atoms with E-state index < -0.39 is 0 Å². The molecule has 0 bridgehead atoms. The molecule has 0 aliphatic heterocycles. The fraction of sp³-hybridized carbons (Fsp3) is 0.118. The predicted octanol–water partition coefficient (Wildman–Crippen LogP) is 8.60. The molecule has 6 rings (SSSR count). The van der Waals surface area contributed by atoms with Gasteiger partial charge in [0.05, 0.1) is 16.9 Å². The lowest BCUT2D eigenvalue weighted by molar-refractivity contribution is 0.818. The quantitative estimate of drug-likeness (QED) is 0.247. The molecule has 0 spiro atoms. The van der Waals surface area contributed by atoms with Gasteiger partial charge >= 0.3 is 0 Å². The zero-order valence-corrected chi connectivity index (χ0v) is 20.5. The molecule has 0 unspecified atom stereocenters. The molecular formula is C34H28N2. The van der Waals surface area contributed by atoms with Crippen LogP contribution in [0.4, 0.5) is 0 Å². The number of rotatable bonds is 6. The van der Waals surface area contributed by atoms with Gasteiger partial charge in [0.25, 0.3) is 0 Å². The fourth-order valence-corrected chi connectivity index (χ4v) is 4.99. The Hall–Kier alpha value is -4.30. The third kappa shape index (κ3) is 4.63. The molecule has 4 aromatic carbocycles. The lowest BCUT2D eigenvalue weighted by Crippen LogP contribution is -1.93. The molecule has 6 aromatic rings. The molecule has 0 amide bonds. The number of pyridine rings is 2. The molecular weight excluding hydrogens is 436 g/mol. The lowest BCUT2D eigenvalue weighted by Gasteiger charge is -2.10. The Morgan fingerprint density at radius 1 is 0.611 bits per heavy atom. The van der Waals surface area contributed by atoms with Crippen molar-refractivity contribution in [2.24, 2.45) is 0 Å². The van der Waals surface area contributed by atoms with Gasteiger partial charge in [-0.15, -0.1) is 0 Å². The molecule has 2 nitrogen and oxygen atoms in total. The molecule has 0 aliphatic carbocycles. The maximum absolute atomic E-state index is 5.09. The zero-order valence-electron chi connectivity index (χ0n) is 20.5. The second kappa shape index (κ2) is 9.75. The van der Waals surface area contributed by atoms with Crippen molar-refractivity contribution >= 4 is 21.7 Å². The monoisotopic (exact) mass is 464 g/mol. The van der Waals surface area contributed by atoms with Crippen molar-refractivity contribution < 1.29 is 0 Å². The number of nitrogens with zero attached hydrogens (tertiary/aromatic N) is 2. The third-order valence-electron chi connectivity index (χ3n) is 6.86. The second-order valence-electron chi connectivity index (χ2n) is 9.53. The standard InChI is InChI=1S/C34H28N2/c1-24-20-29-12-5-6-13-30(29)31(21-24)33-19-17-28-16-14-25(22-34(28)36-33)8-7-9-26-15-18-32(35-23-26)27-10-3-2-4-11-27/h2-6,10-23H,7-9H2,1H3. The largest absolute Gasteiger partial charge is 0.256 e. The molecule has 2 heteroatoms. The Morgan fingerprint density at radius 3 is 2.22 bits per heavy atom. The van der Waals surface area contributed by atoms with Crippen molar-refractivity contribution in [2.75, 3.05) is 0 Å². The molecule has 0 atom stereocenters. The van der Waals surface area contributed by atoms with E-state index >= 15 is 0 Å². The minimum atomic E-state index is 1.02. The van der Waals surface area contributed by atoms with Gasteiger partial charge in [-0.1, -0.05) is 84.9 Å². The average molecular weight is 465 g/mol. The zero-order chi connectivity index (χ0) is 24.3. The van der Waals surface area contributed by atoms with Crippen molar-refractivity contribution in [1.29, 1.82) is 0 Å². The van der Waals surface area contributed by atoms with Crippen LogP contribution in [0.25, 0.3) is 44.2 Å². The summed E-state index contributed by atoms with van der Waals surface area (Å²) in [7, 11) is 0. The molecule has 0 fully saturated rings. The Kier molecular flexibility index (Phi) is 6.01. The summed E-state index contributed by atoms with van der Waals surface area (Å²) in [5, 5.41) is 3.69. The van der Waals surface area contributed by atoms with E-state index in [1.54, 1.807) is 0 Å². The lowest BCUT2D eigenvalue weighted by atomic mass is 9.98. The Labute approximate surface area is 212 Å². The van der Waals surface area contributed by atoms with Gasteiger partial charge < -0.3 is 0 Å². The maximum Gasteiger partial charge on any atom is 0.0716 e. The molecule has 0 radical (unpaired) electrons. The van der Waals surface area contributed by atoms with Crippen molar-refractivity contribution in [3.05, 3.63) is 132 Å². The highest BCUT2D eigenvalue weighted by Crippen LogP contribution is 2.30. The van der Waals surface area contributed by atoms with Crippen LogP contribution in [0.15, 0.2) is 115 Å². The van der Waals surface area contributed by atoms with E-state index in [-0.39, 0.29) is 0 Å². The third-order valence-corrected chi connectivity index (χ3v) is 6.86. The van der Waals surface area contributed by atoms with Gasteiger partial charge in [0.2, 0.25) is 0 Å². The van der Waals surface area contributed by atoms with Gasteiger partial charge in [0.1, 0.15) is 0 Å². The number of aryl methyl sites for hydroxylation is 3. The van der Waals surface area contributed by atoms with Gasteiger partial charge in [-0.25, -0.2) is 4.98 Å². The van der Waals surface area contributed by atoms with E-state index in [0.29, 0.717) is 0 Å². The van der Waals surface area contributed by atoms with E-state index in [9.17, 15) is 0 Å². The van der Waals surface area contributed by atoms with Crippen molar-refractivity contribution in [2.45, 2.75) is 26.2 Å². The fourth-order valence-electron chi connectivity index (χ4n) is 4.99. The molecule has 0 saturated carbocycles. The summed E-state index contributed by atoms with van der Waals surface area (Å²) in [6.07, 6.45) is 5.14. The van der Waals surface area contributed by atoms with Crippen LogP contribution in [-0.2, 0) is 12.8 Å². The molecule has 174 valence electrons. The minimum Gasteiger partial charge on any atom is -0.256 e. The first-order valence-corrected chi connectivity index (χ1v) is 12.6. The topological polar surface area (TPSA) is 25.8 Å². The summed E-state index contributed by atoms with van der Waals surface area (Å²) in [5.41, 5.74) is 9.34. The summed E-state index contributed by atoms with van der Waals surface area (Å²) < 4.78 is 0. The SMILES string of the molecule is Cc1cc(-c2ccc3ccc(CCCc4ccc(-c5ccccc5)nc4)cc3n2)c2ccccc2c1. The summed E-state index contributed by atoms with van der Waals surface area (Å²) in [4.78, 5) is 9.76. The van der Waals surface area contributed by atoms with Gasteiger partial charge in [-0.2, -0.15) is 0 Å². The average Bonchev–Trinajstić information content (AvgIpc) is 2.93. The number of hydrogen-bond donors (Lipinski definition) is 0. The van der Waals surface area contributed by atoms with E-state index in [1.807, 2.05) is 12.3 Å². The smallest absolute Gasteiger partial charge is 0.0716 e. The normalized spacial score (nSPS) is 11.2. The van der Waals surface area contributed by atoms with Crippen LogP contribution in [-0.4, -0.2) is 9.97 Å². The van der Waals surface area contributed by atoms with Crippen molar-refractivity contribution in [3.63, 3.8) is 0 Å². The number of aromatic nitrogens is 2. The molecule has 0 aliphatic rings. The second-order valence-corrected chi connectivity index (χ2v) is 9.53. The molecule has 2 aromatic heterocycles. The maximum atomic E-state index is 5.09. The molecule has 0 saturated heterocycles. The summed E-state index contributed by atoms with van der Waals surface area (Å²) in [6.45, 7) is 2.15. The van der Waals surface area contributed by atoms with Crippen LogP contribution in [0.5, 0.6) is 0 Å². The van der Waals surface area contributed by atoms with E-state index in [1.165, 1.54) is 38.4 Å². The van der Waals surface area contributed by atoms with Crippen LogP contribution >= 0.6 is 0 Å². The number of fused-ring (bicyclic) bond motifs is 2. The van der Waals surface area contributed by atoms with Gasteiger partial charge in [0, 0.05) is 22.7 Å². The van der Waals surface area contributed by atoms with Crippen LogP contribution < -0.4 is 0 Å².